The highest BCUT2D eigenvalue weighted by atomic mass is 19.2. The molecule has 0 aliphatic carbocycles. The third kappa shape index (κ3) is 3.11. The molecule has 1 amide bonds. The molecule has 3 rings (SSSR count). The van der Waals surface area contributed by atoms with Gasteiger partial charge in [0.25, 0.3) is 5.91 Å². The van der Waals surface area contributed by atoms with Gasteiger partial charge in [-0.3, -0.25) is 4.79 Å². The lowest BCUT2D eigenvalue weighted by Gasteiger charge is -2.08. The number of halogens is 2. The Morgan fingerprint density at radius 1 is 1.04 bits per heavy atom. The third-order valence-electron chi connectivity index (χ3n) is 3.24. The second kappa shape index (κ2) is 6.00. The average Bonchev–Trinajstić information content (AvgIpc) is 2.94. The number of amides is 1. The second-order valence-electron chi connectivity index (χ2n) is 5.00. The molecule has 1 aromatic heterocycles. The van der Waals surface area contributed by atoms with Crippen molar-refractivity contribution in [2.75, 3.05) is 5.32 Å². The molecular weight excluding hydrogens is 300 g/mol. The Kier molecular flexibility index (Phi) is 3.89. The summed E-state index contributed by atoms with van der Waals surface area (Å²) >= 11 is 0. The molecular formula is C17H13F2N3O. The monoisotopic (exact) mass is 313 g/mol. The van der Waals surface area contributed by atoms with E-state index in [0.29, 0.717) is 11.4 Å². The zero-order chi connectivity index (χ0) is 16.4. The molecule has 0 aliphatic rings. The smallest absolute Gasteiger partial charge is 0.274 e. The van der Waals surface area contributed by atoms with Crippen molar-refractivity contribution >= 4 is 11.6 Å². The number of aryl methyl sites for hydroxylation is 1. The first-order chi connectivity index (χ1) is 11.0. The summed E-state index contributed by atoms with van der Waals surface area (Å²) in [5.41, 5.74) is 1.88. The van der Waals surface area contributed by atoms with Gasteiger partial charge in [0, 0.05) is 11.8 Å². The largest absolute Gasteiger partial charge is 0.321 e. The number of carbonyl (C=O) groups is 1. The van der Waals surface area contributed by atoms with E-state index < -0.39 is 17.5 Å². The van der Waals surface area contributed by atoms with Gasteiger partial charge in [0.2, 0.25) is 0 Å². The van der Waals surface area contributed by atoms with Crippen LogP contribution in [0.15, 0.2) is 54.6 Å². The Hall–Kier alpha value is -3.02. The first kappa shape index (κ1) is 14.9. The summed E-state index contributed by atoms with van der Waals surface area (Å²) < 4.78 is 27.7. The van der Waals surface area contributed by atoms with Gasteiger partial charge in [-0.15, -0.1) is 0 Å². The summed E-state index contributed by atoms with van der Waals surface area (Å²) in [5.74, 6) is -2.44. The molecule has 3 aromatic rings. The summed E-state index contributed by atoms with van der Waals surface area (Å²) in [6, 6.07) is 14.0. The Balaban J connectivity index is 1.92. The second-order valence-corrected chi connectivity index (χ2v) is 5.00. The molecule has 0 aliphatic heterocycles. The number of hydrogen-bond donors (Lipinski definition) is 1. The molecule has 1 heterocycles. The number of rotatable bonds is 3. The molecule has 4 nitrogen and oxygen atoms in total. The molecule has 23 heavy (non-hydrogen) atoms. The summed E-state index contributed by atoms with van der Waals surface area (Å²) in [6.07, 6.45) is 0. The van der Waals surface area contributed by atoms with E-state index in [4.69, 9.17) is 0 Å². The van der Waals surface area contributed by atoms with Crippen LogP contribution in [0.2, 0.25) is 0 Å². The Morgan fingerprint density at radius 3 is 2.48 bits per heavy atom. The lowest BCUT2D eigenvalue weighted by atomic mass is 10.2. The van der Waals surface area contributed by atoms with Crippen molar-refractivity contribution in [1.82, 2.24) is 9.78 Å². The van der Waals surface area contributed by atoms with Gasteiger partial charge in [-0.25, -0.2) is 13.5 Å². The third-order valence-corrected chi connectivity index (χ3v) is 3.24. The predicted molar refractivity (Wildman–Crippen MR) is 82.6 cm³/mol. The maximum atomic E-state index is 13.2. The van der Waals surface area contributed by atoms with Crippen molar-refractivity contribution in [1.29, 1.82) is 0 Å². The topological polar surface area (TPSA) is 46.9 Å². The molecule has 0 radical (unpaired) electrons. The average molecular weight is 313 g/mol. The quantitative estimate of drug-likeness (QED) is 0.801. The minimum Gasteiger partial charge on any atom is -0.321 e. The summed E-state index contributed by atoms with van der Waals surface area (Å²) in [7, 11) is 0. The number of nitrogens with one attached hydrogen (secondary N) is 1. The minimum atomic E-state index is -1.02. The van der Waals surface area contributed by atoms with E-state index in [1.54, 1.807) is 13.0 Å². The van der Waals surface area contributed by atoms with Crippen LogP contribution in [-0.2, 0) is 0 Å². The molecule has 1 N–H and O–H groups in total. The fraction of sp³-hybridized carbons (Fsp3) is 0.0588. The SMILES string of the molecule is Cc1cc(C(=O)Nc2ccc(F)c(F)c2)n(-c2ccccc2)n1. The molecule has 116 valence electrons. The van der Waals surface area contributed by atoms with Crippen molar-refractivity contribution in [2.45, 2.75) is 6.92 Å². The van der Waals surface area contributed by atoms with E-state index in [2.05, 4.69) is 10.4 Å². The molecule has 0 atom stereocenters. The van der Waals surface area contributed by atoms with Crippen molar-refractivity contribution in [3.8, 4) is 5.69 Å². The van der Waals surface area contributed by atoms with Gasteiger partial charge in [0.15, 0.2) is 11.6 Å². The van der Waals surface area contributed by atoms with Crippen molar-refractivity contribution in [3.63, 3.8) is 0 Å². The van der Waals surface area contributed by atoms with E-state index in [1.165, 1.54) is 10.7 Å². The highest BCUT2D eigenvalue weighted by molar-refractivity contribution is 6.03. The normalized spacial score (nSPS) is 10.6. The molecule has 6 heteroatoms. The van der Waals surface area contributed by atoms with Gasteiger partial charge in [0.05, 0.1) is 11.4 Å². The van der Waals surface area contributed by atoms with Crippen LogP contribution in [0.5, 0.6) is 0 Å². The fourth-order valence-corrected chi connectivity index (χ4v) is 2.20. The van der Waals surface area contributed by atoms with Crippen LogP contribution in [0.25, 0.3) is 5.69 Å². The number of para-hydroxylation sites is 1. The molecule has 0 saturated carbocycles. The van der Waals surface area contributed by atoms with Crippen molar-refractivity contribution in [2.24, 2.45) is 0 Å². The Labute approximate surface area is 131 Å². The van der Waals surface area contributed by atoms with Crippen LogP contribution in [-0.4, -0.2) is 15.7 Å². The maximum Gasteiger partial charge on any atom is 0.274 e. The van der Waals surface area contributed by atoms with Crippen molar-refractivity contribution < 1.29 is 13.6 Å². The van der Waals surface area contributed by atoms with Gasteiger partial charge in [-0.1, -0.05) is 18.2 Å². The van der Waals surface area contributed by atoms with Crippen LogP contribution in [0, 0.1) is 18.6 Å². The zero-order valence-corrected chi connectivity index (χ0v) is 12.3. The summed E-state index contributed by atoms with van der Waals surface area (Å²) in [5, 5.41) is 6.84. The zero-order valence-electron chi connectivity index (χ0n) is 12.3. The summed E-state index contributed by atoms with van der Waals surface area (Å²) in [4.78, 5) is 12.4. The molecule has 0 bridgehead atoms. The lowest BCUT2D eigenvalue weighted by Crippen LogP contribution is -2.17. The van der Waals surface area contributed by atoms with Crippen LogP contribution in [0.1, 0.15) is 16.2 Å². The number of hydrogen-bond acceptors (Lipinski definition) is 2. The molecule has 0 saturated heterocycles. The standard InChI is InChI=1S/C17H13F2N3O/c1-11-9-16(22(21-11)13-5-3-2-4-6-13)17(23)20-12-7-8-14(18)15(19)10-12/h2-10H,1H3,(H,20,23). The number of anilines is 1. The van der Waals surface area contributed by atoms with Gasteiger partial charge in [-0.05, 0) is 37.3 Å². The van der Waals surface area contributed by atoms with Crippen molar-refractivity contribution in [3.05, 3.63) is 77.6 Å². The first-order valence-electron chi connectivity index (χ1n) is 6.93. The molecule has 0 fully saturated rings. The van der Waals surface area contributed by atoms with Crippen LogP contribution < -0.4 is 5.32 Å². The number of carbonyl (C=O) groups excluding carboxylic acids is 1. The van der Waals surface area contributed by atoms with Crippen LogP contribution in [0.3, 0.4) is 0 Å². The highest BCUT2D eigenvalue weighted by Crippen LogP contribution is 2.17. The maximum absolute atomic E-state index is 13.2. The number of nitrogens with zero attached hydrogens (tertiary/aromatic N) is 2. The van der Waals surface area contributed by atoms with Gasteiger partial charge in [-0.2, -0.15) is 5.10 Å². The van der Waals surface area contributed by atoms with Gasteiger partial charge >= 0.3 is 0 Å². The van der Waals surface area contributed by atoms with E-state index >= 15 is 0 Å². The summed E-state index contributed by atoms with van der Waals surface area (Å²) in [6.45, 7) is 1.77. The van der Waals surface area contributed by atoms with E-state index in [-0.39, 0.29) is 5.69 Å². The number of aromatic nitrogens is 2. The van der Waals surface area contributed by atoms with E-state index in [9.17, 15) is 13.6 Å². The van der Waals surface area contributed by atoms with E-state index in [0.717, 1.165) is 17.8 Å². The predicted octanol–water partition coefficient (Wildman–Crippen LogP) is 3.71. The van der Waals surface area contributed by atoms with E-state index in [1.807, 2.05) is 30.3 Å². The first-order valence-corrected chi connectivity index (χ1v) is 6.93. The van der Waals surface area contributed by atoms with Crippen LogP contribution >= 0.6 is 0 Å². The molecule has 0 spiro atoms. The van der Waals surface area contributed by atoms with Gasteiger partial charge in [0.1, 0.15) is 5.69 Å². The molecule has 0 unspecified atom stereocenters. The number of benzene rings is 2. The van der Waals surface area contributed by atoms with Crippen LogP contribution in [0.4, 0.5) is 14.5 Å². The Morgan fingerprint density at radius 2 is 1.78 bits per heavy atom. The fourth-order valence-electron chi connectivity index (χ4n) is 2.20. The molecule has 2 aromatic carbocycles. The highest BCUT2D eigenvalue weighted by Gasteiger charge is 2.16. The Bertz CT molecular complexity index is 860. The minimum absolute atomic E-state index is 0.173. The van der Waals surface area contributed by atoms with Gasteiger partial charge < -0.3 is 5.32 Å². The lowest BCUT2D eigenvalue weighted by molar-refractivity contribution is 0.101.